The van der Waals surface area contributed by atoms with Crippen molar-refractivity contribution in [1.82, 2.24) is 4.90 Å². The number of urea groups is 1. The second kappa shape index (κ2) is 6.76. The third kappa shape index (κ3) is 3.07. The summed E-state index contributed by atoms with van der Waals surface area (Å²) in [6, 6.07) is 8.36. The highest BCUT2D eigenvalue weighted by molar-refractivity contribution is 6.05. The summed E-state index contributed by atoms with van der Waals surface area (Å²) in [5, 5.41) is 0. The van der Waals surface area contributed by atoms with Crippen LogP contribution in [0.2, 0.25) is 0 Å². The van der Waals surface area contributed by atoms with E-state index in [-0.39, 0.29) is 6.23 Å². The predicted octanol–water partition coefficient (Wildman–Crippen LogP) is 2.08. The number of ether oxygens (including phenoxy) is 1. The van der Waals surface area contributed by atoms with E-state index in [0.29, 0.717) is 18.5 Å². The molecule has 3 amide bonds. The van der Waals surface area contributed by atoms with Crippen LogP contribution >= 0.6 is 0 Å². The van der Waals surface area contributed by atoms with Gasteiger partial charge < -0.3 is 9.64 Å². The van der Waals surface area contributed by atoms with Gasteiger partial charge in [0.1, 0.15) is 6.23 Å². The lowest BCUT2D eigenvalue weighted by Crippen LogP contribution is -2.46. The highest BCUT2D eigenvalue weighted by Gasteiger charge is 2.24. The first-order valence-electron chi connectivity index (χ1n) is 5.74. The van der Waals surface area contributed by atoms with Gasteiger partial charge in [-0.05, 0) is 18.6 Å². The number of amides is 3. The fourth-order valence-corrected chi connectivity index (χ4v) is 1.70. The Hall–Kier alpha value is -1.88. The summed E-state index contributed by atoms with van der Waals surface area (Å²) in [5.41, 5.74) is 0.537. The largest absolute Gasteiger partial charge is 0.361 e. The van der Waals surface area contributed by atoms with Crippen molar-refractivity contribution in [3.63, 3.8) is 0 Å². The Morgan fingerprint density at radius 1 is 1.39 bits per heavy atom. The Morgan fingerprint density at radius 2 is 2.00 bits per heavy atom. The van der Waals surface area contributed by atoms with Crippen molar-refractivity contribution in [3.8, 4) is 0 Å². The van der Waals surface area contributed by atoms with E-state index in [9.17, 15) is 9.59 Å². The maximum absolute atomic E-state index is 12.2. The zero-order chi connectivity index (χ0) is 13.5. The van der Waals surface area contributed by atoms with Crippen LogP contribution in [-0.2, 0) is 9.53 Å². The molecule has 1 atom stereocenters. The van der Waals surface area contributed by atoms with Gasteiger partial charge in [-0.3, -0.25) is 4.79 Å². The average molecular weight is 250 g/mol. The van der Waals surface area contributed by atoms with Crippen molar-refractivity contribution in [2.45, 2.75) is 19.6 Å². The summed E-state index contributed by atoms with van der Waals surface area (Å²) < 4.78 is 5.18. The summed E-state index contributed by atoms with van der Waals surface area (Å²) in [7, 11) is 3.14. The van der Waals surface area contributed by atoms with Crippen LogP contribution < -0.4 is 4.90 Å². The number of methoxy groups -OCH3 is 1. The number of rotatable bonds is 5. The van der Waals surface area contributed by atoms with Crippen molar-refractivity contribution in [2.24, 2.45) is 0 Å². The number of carbonyl (C=O) groups excluding carboxylic acids is 2. The van der Waals surface area contributed by atoms with Crippen molar-refractivity contribution in [1.29, 1.82) is 0 Å². The quantitative estimate of drug-likeness (QED) is 0.594. The predicted molar refractivity (Wildman–Crippen MR) is 69.2 cm³/mol. The molecule has 0 N–H and O–H groups in total. The van der Waals surface area contributed by atoms with Crippen LogP contribution in [0.3, 0.4) is 0 Å². The van der Waals surface area contributed by atoms with Crippen LogP contribution in [-0.4, -0.2) is 37.7 Å². The summed E-state index contributed by atoms with van der Waals surface area (Å²) in [6.07, 6.45) is 0.820. The number of para-hydroxylation sites is 1. The molecule has 5 heteroatoms. The minimum Gasteiger partial charge on any atom is -0.361 e. The molecule has 1 rings (SSSR count). The minimum atomic E-state index is -0.412. The molecule has 98 valence electrons. The van der Waals surface area contributed by atoms with Crippen LogP contribution in [0, 0.1) is 0 Å². The Labute approximate surface area is 107 Å². The summed E-state index contributed by atoms with van der Waals surface area (Å²) in [4.78, 5) is 25.7. The first kappa shape index (κ1) is 14.2. The second-order valence-electron chi connectivity index (χ2n) is 3.80. The molecular weight excluding hydrogens is 232 g/mol. The molecule has 5 nitrogen and oxygen atoms in total. The fraction of sp³-hybridized carbons (Fsp3) is 0.385. The lowest BCUT2D eigenvalue weighted by molar-refractivity contribution is -0.107. The van der Waals surface area contributed by atoms with E-state index in [4.69, 9.17) is 4.74 Å². The molecule has 0 heterocycles. The molecule has 1 unspecified atom stereocenters. The highest BCUT2D eigenvalue weighted by Crippen LogP contribution is 2.15. The summed E-state index contributed by atoms with van der Waals surface area (Å²) >= 11 is 0. The van der Waals surface area contributed by atoms with Gasteiger partial charge in [0.15, 0.2) is 0 Å². The number of carbonyl (C=O) groups is 2. The van der Waals surface area contributed by atoms with Crippen molar-refractivity contribution in [2.75, 3.05) is 19.1 Å². The fourth-order valence-electron chi connectivity index (χ4n) is 1.70. The highest BCUT2D eigenvalue weighted by atomic mass is 16.5. The third-order valence-corrected chi connectivity index (χ3v) is 2.70. The first-order chi connectivity index (χ1) is 8.65. The molecule has 1 aromatic carbocycles. The Morgan fingerprint density at radius 3 is 2.44 bits per heavy atom. The number of hydrogen-bond acceptors (Lipinski definition) is 3. The number of imide groups is 1. The summed E-state index contributed by atoms with van der Waals surface area (Å²) in [5.74, 6) is 0. The van der Waals surface area contributed by atoms with Crippen LogP contribution in [0.15, 0.2) is 30.3 Å². The monoisotopic (exact) mass is 250 g/mol. The molecule has 0 aromatic heterocycles. The SMILES string of the molecule is CCC(OC)N(C)C(=O)N(C=O)c1ccccc1. The maximum atomic E-state index is 12.2. The van der Waals surface area contributed by atoms with Gasteiger partial charge in [-0.25, -0.2) is 9.69 Å². The van der Waals surface area contributed by atoms with Gasteiger partial charge in [-0.15, -0.1) is 0 Å². The van der Waals surface area contributed by atoms with Crippen LogP contribution in [0.1, 0.15) is 13.3 Å². The van der Waals surface area contributed by atoms with Crippen LogP contribution in [0.5, 0.6) is 0 Å². The molecule has 0 radical (unpaired) electrons. The minimum absolute atomic E-state index is 0.344. The van der Waals surface area contributed by atoms with E-state index in [2.05, 4.69) is 0 Å². The van der Waals surface area contributed by atoms with Gasteiger partial charge in [0, 0.05) is 14.2 Å². The van der Waals surface area contributed by atoms with E-state index < -0.39 is 6.03 Å². The van der Waals surface area contributed by atoms with Crippen molar-refractivity contribution < 1.29 is 14.3 Å². The van der Waals surface area contributed by atoms with E-state index in [1.54, 1.807) is 31.3 Å². The Kier molecular flexibility index (Phi) is 5.32. The molecule has 0 aliphatic heterocycles. The lowest BCUT2D eigenvalue weighted by atomic mass is 10.3. The topological polar surface area (TPSA) is 49.9 Å². The van der Waals surface area contributed by atoms with Gasteiger partial charge in [0.25, 0.3) is 0 Å². The normalized spacial score (nSPS) is 11.7. The lowest BCUT2D eigenvalue weighted by Gasteiger charge is -2.29. The van der Waals surface area contributed by atoms with Crippen LogP contribution in [0.4, 0.5) is 10.5 Å². The Bertz CT molecular complexity index is 390. The average Bonchev–Trinajstić information content (AvgIpc) is 2.42. The van der Waals surface area contributed by atoms with Gasteiger partial charge in [-0.1, -0.05) is 25.1 Å². The van der Waals surface area contributed by atoms with Gasteiger partial charge in [-0.2, -0.15) is 0 Å². The summed E-state index contributed by atoms with van der Waals surface area (Å²) in [6.45, 7) is 1.91. The smallest absolute Gasteiger partial charge is 0.332 e. The number of benzene rings is 1. The molecule has 0 fully saturated rings. The standard InChI is InChI=1S/C13H18N2O3/c1-4-12(18-3)14(2)13(17)15(10-16)11-8-6-5-7-9-11/h5-10,12H,4H2,1-3H3. The van der Waals surface area contributed by atoms with E-state index in [1.807, 2.05) is 13.0 Å². The van der Waals surface area contributed by atoms with Gasteiger partial charge in [0.2, 0.25) is 6.41 Å². The number of anilines is 1. The molecular formula is C13H18N2O3. The molecule has 0 saturated carbocycles. The zero-order valence-corrected chi connectivity index (χ0v) is 10.9. The van der Waals surface area contributed by atoms with Gasteiger partial charge in [0.05, 0.1) is 5.69 Å². The molecule has 0 aliphatic carbocycles. The molecule has 1 aromatic rings. The molecule has 0 aliphatic rings. The van der Waals surface area contributed by atoms with Gasteiger partial charge >= 0.3 is 6.03 Å². The molecule has 0 spiro atoms. The molecule has 18 heavy (non-hydrogen) atoms. The van der Waals surface area contributed by atoms with Crippen molar-refractivity contribution >= 4 is 18.1 Å². The number of nitrogens with zero attached hydrogens (tertiary/aromatic N) is 2. The van der Waals surface area contributed by atoms with Crippen LogP contribution in [0.25, 0.3) is 0 Å². The van der Waals surface area contributed by atoms with E-state index in [1.165, 1.54) is 12.0 Å². The number of hydrogen-bond donors (Lipinski definition) is 0. The maximum Gasteiger partial charge on any atom is 0.332 e. The molecule has 0 bridgehead atoms. The Balaban J connectivity index is 2.89. The second-order valence-corrected chi connectivity index (χ2v) is 3.80. The first-order valence-corrected chi connectivity index (χ1v) is 5.74. The van der Waals surface area contributed by atoms with E-state index in [0.717, 1.165) is 4.90 Å². The zero-order valence-electron chi connectivity index (χ0n) is 10.9. The van der Waals surface area contributed by atoms with Crippen molar-refractivity contribution in [3.05, 3.63) is 30.3 Å². The van der Waals surface area contributed by atoms with E-state index >= 15 is 0 Å². The third-order valence-electron chi connectivity index (χ3n) is 2.70. The molecule has 0 saturated heterocycles.